The molecule has 1 aliphatic heterocycles. The van der Waals surface area contributed by atoms with Crippen LogP contribution in [-0.2, 0) is 6.54 Å². The molecule has 104 valence electrons. The predicted molar refractivity (Wildman–Crippen MR) is 77.8 cm³/mol. The lowest BCUT2D eigenvalue weighted by Crippen LogP contribution is -2.21. The summed E-state index contributed by atoms with van der Waals surface area (Å²) in [5.74, 6) is 1.15. The number of rotatable bonds is 4. The van der Waals surface area contributed by atoms with Crippen LogP contribution in [-0.4, -0.2) is 33.0 Å². The van der Waals surface area contributed by atoms with Crippen LogP contribution in [0.2, 0.25) is 5.28 Å². The second-order valence-corrected chi connectivity index (χ2v) is 4.98. The molecule has 0 saturated carbocycles. The molecule has 1 saturated heterocycles. The minimum atomic E-state index is 0.218. The van der Waals surface area contributed by atoms with E-state index in [2.05, 4.69) is 30.2 Å². The Morgan fingerprint density at radius 1 is 1.20 bits per heavy atom. The lowest BCUT2D eigenvalue weighted by Gasteiger charge is -2.15. The highest BCUT2D eigenvalue weighted by atomic mass is 35.5. The molecule has 3 heterocycles. The van der Waals surface area contributed by atoms with Crippen LogP contribution in [0.4, 0.5) is 11.9 Å². The van der Waals surface area contributed by atoms with Crippen LogP contribution in [0.25, 0.3) is 0 Å². The van der Waals surface area contributed by atoms with Crippen molar-refractivity contribution in [1.29, 1.82) is 0 Å². The van der Waals surface area contributed by atoms with Gasteiger partial charge in [0.2, 0.25) is 17.2 Å². The van der Waals surface area contributed by atoms with Crippen LogP contribution in [0.3, 0.4) is 0 Å². The lowest BCUT2D eigenvalue weighted by atomic mass is 10.3. The van der Waals surface area contributed by atoms with Crippen LogP contribution in [0.15, 0.2) is 24.5 Å². The van der Waals surface area contributed by atoms with E-state index in [9.17, 15) is 0 Å². The van der Waals surface area contributed by atoms with E-state index >= 15 is 0 Å². The first-order valence-corrected chi connectivity index (χ1v) is 6.98. The van der Waals surface area contributed by atoms with Gasteiger partial charge in [-0.15, -0.1) is 0 Å². The van der Waals surface area contributed by atoms with Crippen LogP contribution in [0.1, 0.15) is 18.4 Å². The Bertz CT molecular complexity index is 570. The first-order valence-electron chi connectivity index (χ1n) is 6.60. The fourth-order valence-corrected chi connectivity index (χ4v) is 2.32. The van der Waals surface area contributed by atoms with Gasteiger partial charge >= 0.3 is 0 Å². The Balaban J connectivity index is 1.72. The summed E-state index contributed by atoms with van der Waals surface area (Å²) in [6.07, 6.45) is 5.88. The number of nitrogens with one attached hydrogen (secondary N) is 1. The summed E-state index contributed by atoms with van der Waals surface area (Å²) in [5, 5.41) is 3.37. The second-order valence-electron chi connectivity index (χ2n) is 4.64. The predicted octanol–water partition coefficient (Wildman–Crippen LogP) is 2.13. The van der Waals surface area contributed by atoms with E-state index in [0.29, 0.717) is 18.4 Å². The summed E-state index contributed by atoms with van der Waals surface area (Å²) in [5.41, 5.74) is 1.06. The highest BCUT2D eigenvalue weighted by Crippen LogP contribution is 2.18. The van der Waals surface area contributed by atoms with E-state index in [1.54, 1.807) is 12.4 Å². The van der Waals surface area contributed by atoms with Gasteiger partial charge in [0, 0.05) is 32.0 Å². The van der Waals surface area contributed by atoms with Crippen LogP contribution >= 0.6 is 11.6 Å². The minimum Gasteiger partial charge on any atom is -0.350 e. The highest BCUT2D eigenvalue weighted by molar-refractivity contribution is 6.28. The Morgan fingerprint density at radius 3 is 2.80 bits per heavy atom. The number of hydrogen-bond donors (Lipinski definition) is 1. The molecule has 20 heavy (non-hydrogen) atoms. The quantitative estimate of drug-likeness (QED) is 0.930. The van der Waals surface area contributed by atoms with Gasteiger partial charge in [-0.25, -0.2) is 0 Å². The van der Waals surface area contributed by atoms with Gasteiger partial charge in [-0.2, -0.15) is 15.0 Å². The van der Waals surface area contributed by atoms with Gasteiger partial charge in [-0.3, -0.25) is 4.98 Å². The third kappa shape index (κ3) is 3.14. The van der Waals surface area contributed by atoms with Crippen LogP contribution < -0.4 is 10.2 Å². The largest absolute Gasteiger partial charge is 0.350 e. The summed E-state index contributed by atoms with van der Waals surface area (Å²) >= 11 is 5.97. The van der Waals surface area contributed by atoms with E-state index in [0.717, 1.165) is 18.7 Å². The van der Waals surface area contributed by atoms with Crippen molar-refractivity contribution in [3.05, 3.63) is 35.4 Å². The zero-order valence-corrected chi connectivity index (χ0v) is 11.7. The van der Waals surface area contributed by atoms with Crippen molar-refractivity contribution in [1.82, 2.24) is 19.9 Å². The van der Waals surface area contributed by atoms with Gasteiger partial charge in [0.05, 0.1) is 0 Å². The average molecular weight is 291 g/mol. The molecule has 7 heteroatoms. The van der Waals surface area contributed by atoms with Crippen LogP contribution in [0, 0.1) is 0 Å². The maximum atomic E-state index is 5.97. The van der Waals surface area contributed by atoms with Crippen molar-refractivity contribution in [2.75, 3.05) is 23.3 Å². The third-order valence-corrected chi connectivity index (χ3v) is 3.33. The minimum absolute atomic E-state index is 0.218. The highest BCUT2D eigenvalue weighted by Gasteiger charge is 2.16. The van der Waals surface area contributed by atoms with Crippen molar-refractivity contribution >= 4 is 23.5 Å². The molecular formula is C13H15ClN6. The Hall–Kier alpha value is -1.95. The molecule has 3 rings (SSSR count). The lowest BCUT2D eigenvalue weighted by molar-refractivity contribution is 0.876. The van der Waals surface area contributed by atoms with E-state index in [4.69, 9.17) is 11.6 Å². The molecular weight excluding hydrogens is 276 g/mol. The zero-order valence-electron chi connectivity index (χ0n) is 11.0. The Labute approximate surface area is 122 Å². The fraction of sp³-hybridized carbons (Fsp3) is 0.385. The number of pyridine rings is 1. The molecule has 1 fully saturated rings. The molecule has 6 nitrogen and oxygen atoms in total. The number of anilines is 2. The molecule has 0 amide bonds. The summed E-state index contributed by atoms with van der Waals surface area (Å²) in [6.45, 7) is 2.55. The van der Waals surface area contributed by atoms with E-state index < -0.39 is 0 Å². The molecule has 0 spiro atoms. The molecule has 0 bridgehead atoms. The molecule has 2 aromatic rings. The van der Waals surface area contributed by atoms with E-state index in [1.165, 1.54) is 12.8 Å². The molecule has 2 aromatic heterocycles. The van der Waals surface area contributed by atoms with Gasteiger partial charge < -0.3 is 10.2 Å². The molecule has 0 atom stereocenters. The first kappa shape index (κ1) is 13.1. The van der Waals surface area contributed by atoms with Crippen molar-refractivity contribution in [2.24, 2.45) is 0 Å². The standard InChI is InChI=1S/C13H15ClN6/c14-11-17-12(16-9-10-4-3-5-15-8-10)19-13(18-11)20-6-1-2-7-20/h3-5,8H,1-2,6-7,9H2,(H,16,17,18,19). The van der Waals surface area contributed by atoms with Gasteiger partial charge in [-0.1, -0.05) is 6.07 Å². The average Bonchev–Trinajstić information content (AvgIpc) is 3.00. The maximum Gasteiger partial charge on any atom is 0.231 e. The third-order valence-electron chi connectivity index (χ3n) is 3.16. The van der Waals surface area contributed by atoms with Gasteiger partial charge in [0.15, 0.2) is 0 Å². The van der Waals surface area contributed by atoms with Crippen LogP contribution in [0.5, 0.6) is 0 Å². The summed E-state index contributed by atoms with van der Waals surface area (Å²) in [4.78, 5) is 18.9. The molecule has 0 aliphatic carbocycles. The van der Waals surface area contributed by atoms with Crippen molar-refractivity contribution < 1.29 is 0 Å². The van der Waals surface area contributed by atoms with E-state index in [1.807, 2.05) is 12.1 Å². The number of halogens is 1. The van der Waals surface area contributed by atoms with Gasteiger partial charge in [0.1, 0.15) is 0 Å². The first-order chi connectivity index (χ1) is 9.81. The Kier molecular flexibility index (Phi) is 3.92. The second kappa shape index (κ2) is 6.00. The van der Waals surface area contributed by atoms with Crippen molar-refractivity contribution in [3.63, 3.8) is 0 Å². The molecule has 1 N–H and O–H groups in total. The maximum absolute atomic E-state index is 5.97. The summed E-state index contributed by atoms with van der Waals surface area (Å²) in [6, 6.07) is 3.89. The molecule has 0 radical (unpaired) electrons. The molecule has 0 aromatic carbocycles. The topological polar surface area (TPSA) is 66.8 Å². The normalized spacial score (nSPS) is 14.6. The summed E-state index contributed by atoms with van der Waals surface area (Å²) < 4.78 is 0. The summed E-state index contributed by atoms with van der Waals surface area (Å²) in [7, 11) is 0. The monoisotopic (exact) mass is 290 g/mol. The van der Waals surface area contributed by atoms with Gasteiger partial charge in [0.25, 0.3) is 0 Å². The van der Waals surface area contributed by atoms with E-state index in [-0.39, 0.29) is 5.28 Å². The SMILES string of the molecule is Clc1nc(NCc2cccnc2)nc(N2CCCC2)n1. The smallest absolute Gasteiger partial charge is 0.231 e. The molecule has 1 aliphatic rings. The fourth-order valence-electron chi connectivity index (χ4n) is 2.16. The van der Waals surface area contributed by atoms with Gasteiger partial charge in [-0.05, 0) is 36.1 Å². The number of hydrogen-bond acceptors (Lipinski definition) is 6. The molecule has 0 unspecified atom stereocenters. The number of nitrogens with zero attached hydrogens (tertiary/aromatic N) is 5. The van der Waals surface area contributed by atoms with Crippen molar-refractivity contribution in [2.45, 2.75) is 19.4 Å². The number of aromatic nitrogens is 4. The van der Waals surface area contributed by atoms with Crippen molar-refractivity contribution in [3.8, 4) is 0 Å². The Morgan fingerprint density at radius 2 is 2.05 bits per heavy atom. The zero-order chi connectivity index (χ0) is 13.8.